The number of nitrogens with zero attached hydrogens (tertiary/aromatic N) is 3. The number of amides is 1. The minimum Gasteiger partial charge on any atom is -0.456 e. The molecule has 2 aromatic rings. The summed E-state index contributed by atoms with van der Waals surface area (Å²) in [7, 11) is 0. The Bertz CT molecular complexity index is 1410. The number of aliphatic hydroxyl groups excluding tert-OH is 1. The molecule has 1 amide bonds. The maximum Gasteiger partial charge on any atom is 0.359 e. The fraction of sp³-hybridized carbons (Fsp3) is 0.357. The van der Waals surface area contributed by atoms with Crippen molar-refractivity contribution in [2.75, 3.05) is 6.54 Å². The number of nitro groups is 1. The Hall–Kier alpha value is -3.92. The molecule has 1 heterocycles. The number of ether oxygens (including phenoxy) is 2. The van der Waals surface area contributed by atoms with Gasteiger partial charge in [0.1, 0.15) is 12.4 Å². The monoisotopic (exact) mass is 601 g/mol. The number of non-ortho nitro benzene ring substituents is 1. The summed E-state index contributed by atoms with van der Waals surface area (Å²) < 4.78 is 11.4. The first-order chi connectivity index (χ1) is 19.2. The van der Waals surface area contributed by atoms with Crippen LogP contribution in [0, 0.1) is 26.9 Å². The number of hydrogen-bond donors (Lipinski definition) is 1. The average Bonchev–Trinajstić information content (AvgIpc) is 2.91. The zero-order chi connectivity index (χ0) is 30.5. The number of β-lactam (4-membered cyclic amide) rings is 1. The molecule has 0 saturated carbocycles. The number of nitro benzene ring substituents is 1. The number of carbonyl (C=O) groups excluding carboxylic acids is 3. The molecule has 0 spiro atoms. The van der Waals surface area contributed by atoms with Gasteiger partial charge in [0.05, 0.1) is 30.1 Å². The number of rotatable bonds is 10. The summed E-state index contributed by atoms with van der Waals surface area (Å²) in [5, 5.41) is 29.3. The molecule has 1 aliphatic heterocycles. The first-order valence-corrected chi connectivity index (χ1v) is 13.6. The van der Waals surface area contributed by atoms with Crippen molar-refractivity contribution in [2.24, 2.45) is 5.41 Å². The van der Waals surface area contributed by atoms with E-state index in [1.54, 1.807) is 45.0 Å². The van der Waals surface area contributed by atoms with Gasteiger partial charge in [0.15, 0.2) is 15.7 Å². The fourth-order valence-electron chi connectivity index (χ4n) is 3.46. The van der Waals surface area contributed by atoms with Crippen molar-refractivity contribution in [3.05, 3.63) is 80.6 Å². The zero-order valence-corrected chi connectivity index (χ0v) is 24.3. The van der Waals surface area contributed by atoms with Crippen LogP contribution in [0.4, 0.5) is 5.69 Å². The molecular weight excluding hydrogens is 574 g/mol. The highest BCUT2D eigenvalue weighted by Gasteiger charge is 2.57. The number of aliphatic hydroxyl groups is 1. The molecule has 0 aliphatic carbocycles. The van der Waals surface area contributed by atoms with Crippen LogP contribution in [0.2, 0.25) is 0 Å². The summed E-state index contributed by atoms with van der Waals surface area (Å²) in [6.45, 7) is 5.79. The van der Waals surface area contributed by atoms with E-state index < -0.39 is 38.9 Å². The highest BCUT2D eigenvalue weighted by Crippen LogP contribution is 2.40. The minimum atomic E-state index is -1.69. The van der Waals surface area contributed by atoms with E-state index in [9.17, 15) is 29.6 Å². The molecule has 1 N–H and O–H groups in total. The van der Waals surface area contributed by atoms with Crippen LogP contribution in [-0.4, -0.2) is 49.4 Å². The zero-order valence-electron chi connectivity index (χ0n) is 22.8. The van der Waals surface area contributed by atoms with E-state index in [0.717, 1.165) is 4.90 Å². The number of carbonyl (C=O) groups is 3. The van der Waals surface area contributed by atoms with E-state index in [2.05, 4.69) is 0 Å². The van der Waals surface area contributed by atoms with Gasteiger partial charge in [0.25, 0.3) is 11.6 Å². The summed E-state index contributed by atoms with van der Waals surface area (Å²) in [6, 6.07) is 13.8. The van der Waals surface area contributed by atoms with Gasteiger partial charge in [-0.2, -0.15) is 5.26 Å². The largest absolute Gasteiger partial charge is 0.456 e. The Morgan fingerprint density at radius 1 is 1.20 bits per heavy atom. The van der Waals surface area contributed by atoms with Gasteiger partial charge in [0, 0.05) is 17.5 Å². The molecule has 0 bridgehead atoms. The van der Waals surface area contributed by atoms with E-state index in [-0.39, 0.29) is 41.2 Å². The summed E-state index contributed by atoms with van der Waals surface area (Å²) >= 11 is 6.93. The molecule has 1 saturated heterocycles. The summed E-state index contributed by atoms with van der Waals surface area (Å²) in [5.41, 5.74) is -0.246. The number of alkyl halides is 1. The Labute approximate surface area is 245 Å². The van der Waals surface area contributed by atoms with Crippen molar-refractivity contribution in [2.45, 2.75) is 51.7 Å². The lowest BCUT2D eigenvalue weighted by Gasteiger charge is -2.46. The number of esters is 1. The number of hydrogen-bond acceptors (Lipinski definition) is 10. The number of benzene rings is 2. The van der Waals surface area contributed by atoms with Crippen LogP contribution in [0.1, 0.15) is 38.8 Å². The number of halogens is 1. The first kappa shape index (κ1) is 31.6. The number of likely N-dealkylation sites (tertiary alicyclic amines) is 1. The SMILES string of the molecule is C[C@@H](O)[C@@]1(Cl)CN(C(C(=O)OCc2ccc([N+](=O)[O-])cc2)=C(Oc2ccc(CC#N)cc2)SC(=O)C(C)(C)C)C1=O. The van der Waals surface area contributed by atoms with Crippen molar-refractivity contribution in [3.8, 4) is 11.8 Å². The van der Waals surface area contributed by atoms with Crippen LogP contribution in [0.3, 0.4) is 0 Å². The van der Waals surface area contributed by atoms with Crippen molar-refractivity contribution >= 4 is 46.0 Å². The van der Waals surface area contributed by atoms with Crippen LogP contribution in [0.25, 0.3) is 0 Å². The summed E-state index contributed by atoms with van der Waals surface area (Å²) in [5.74, 6) is -1.59. The lowest BCUT2D eigenvalue weighted by atomic mass is 9.91. The number of nitriles is 1. The molecule has 0 radical (unpaired) electrons. The van der Waals surface area contributed by atoms with Crippen molar-refractivity contribution in [1.82, 2.24) is 4.90 Å². The van der Waals surface area contributed by atoms with Gasteiger partial charge in [-0.3, -0.25) is 24.6 Å². The molecule has 3 rings (SSSR count). The lowest BCUT2D eigenvalue weighted by molar-refractivity contribution is -0.384. The van der Waals surface area contributed by atoms with Gasteiger partial charge in [0.2, 0.25) is 5.12 Å². The number of thioether (sulfide) groups is 1. The van der Waals surface area contributed by atoms with Gasteiger partial charge in [-0.15, -0.1) is 11.6 Å². The molecule has 1 fully saturated rings. The highest BCUT2D eigenvalue weighted by atomic mass is 35.5. The smallest absolute Gasteiger partial charge is 0.359 e. The molecule has 0 aromatic heterocycles. The second-order valence-corrected chi connectivity index (χ2v) is 11.9. The summed E-state index contributed by atoms with van der Waals surface area (Å²) in [6.07, 6.45) is -1.08. The predicted molar refractivity (Wildman–Crippen MR) is 150 cm³/mol. The van der Waals surface area contributed by atoms with Gasteiger partial charge in [-0.1, -0.05) is 32.9 Å². The van der Waals surface area contributed by atoms with Crippen molar-refractivity contribution in [1.29, 1.82) is 5.26 Å². The second kappa shape index (κ2) is 12.7. The average molecular weight is 602 g/mol. The Morgan fingerprint density at radius 2 is 1.78 bits per heavy atom. The molecule has 1 aliphatic rings. The minimum absolute atomic E-state index is 0.142. The van der Waals surface area contributed by atoms with E-state index in [1.165, 1.54) is 31.2 Å². The van der Waals surface area contributed by atoms with Crippen LogP contribution in [0.5, 0.6) is 5.75 Å². The van der Waals surface area contributed by atoms with E-state index in [4.69, 9.17) is 26.3 Å². The van der Waals surface area contributed by atoms with Crippen molar-refractivity contribution in [3.63, 3.8) is 0 Å². The van der Waals surface area contributed by atoms with Crippen LogP contribution in [-0.2, 0) is 32.1 Å². The summed E-state index contributed by atoms with van der Waals surface area (Å²) in [4.78, 5) is 49.4. The fourth-order valence-corrected chi connectivity index (χ4v) is 4.58. The highest BCUT2D eigenvalue weighted by molar-refractivity contribution is 8.16. The molecule has 11 nitrogen and oxygen atoms in total. The second-order valence-electron chi connectivity index (χ2n) is 10.3. The quantitative estimate of drug-likeness (QED) is 0.0783. The molecule has 2 atom stereocenters. The van der Waals surface area contributed by atoms with E-state index in [0.29, 0.717) is 22.9 Å². The first-order valence-electron chi connectivity index (χ1n) is 12.4. The van der Waals surface area contributed by atoms with Crippen LogP contribution in [0.15, 0.2) is 59.3 Å². The third-order valence-corrected chi connectivity index (χ3v) is 7.90. The third-order valence-electron chi connectivity index (χ3n) is 6.04. The Balaban J connectivity index is 2.04. The van der Waals surface area contributed by atoms with E-state index >= 15 is 0 Å². The van der Waals surface area contributed by atoms with Gasteiger partial charge in [-0.05, 0) is 54.1 Å². The third kappa shape index (κ3) is 7.43. The molecule has 0 unspecified atom stereocenters. The molecule has 216 valence electrons. The maximum absolute atomic E-state index is 13.5. The topological polar surface area (TPSA) is 160 Å². The van der Waals surface area contributed by atoms with Crippen LogP contribution < -0.4 is 4.74 Å². The maximum atomic E-state index is 13.5. The molecule has 2 aromatic carbocycles. The Kier molecular flexibility index (Phi) is 9.81. The lowest BCUT2D eigenvalue weighted by Crippen LogP contribution is -2.68. The van der Waals surface area contributed by atoms with Crippen LogP contribution >= 0.6 is 23.4 Å². The van der Waals surface area contributed by atoms with Gasteiger partial charge in [-0.25, -0.2) is 4.79 Å². The Morgan fingerprint density at radius 3 is 2.27 bits per heavy atom. The van der Waals surface area contributed by atoms with Crippen molar-refractivity contribution < 1.29 is 33.9 Å². The van der Waals surface area contributed by atoms with Gasteiger partial charge < -0.3 is 14.6 Å². The van der Waals surface area contributed by atoms with E-state index in [1.807, 2.05) is 6.07 Å². The standard InChI is InChI=1S/C28H28ClN3O8S/c1-17(33)28(29)16-31(25(28)35)22(23(34)39-15-19-5-9-20(10-6-19)32(37)38)24(41-26(36)27(2,3)4)40-21-11-7-18(8-12-21)13-14-30/h5-12,17,33H,13,15-16H2,1-4H3/t17-,28+/m1/s1. The normalized spacial score (nSPS) is 18.0. The van der Waals surface area contributed by atoms with Gasteiger partial charge >= 0.3 is 5.97 Å². The molecule has 41 heavy (non-hydrogen) atoms. The predicted octanol–water partition coefficient (Wildman–Crippen LogP) is 4.46. The molecule has 13 heteroatoms. The molecular formula is C28H28ClN3O8S.